The molecule has 0 saturated carbocycles. The van der Waals surface area contributed by atoms with Crippen molar-refractivity contribution in [2.45, 2.75) is 69.5 Å². The summed E-state index contributed by atoms with van der Waals surface area (Å²) in [5.74, 6) is -18.1. The molecule has 3 N–H and O–H groups in total. The number of ether oxygens (including phenoxy) is 1. The summed E-state index contributed by atoms with van der Waals surface area (Å²) in [6.07, 6.45) is -8.85. The number of phenolic OH excluding ortho intramolecular Hbond substituents is 2. The van der Waals surface area contributed by atoms with Crippen molar-refractivity contribution in [1.29, 1.82) is 0 Å². The van der Waals surface area contributed by atoms with E-state index in [1.165, 1.54) is 0 Å². The number of rotatable bonds is 18. The van der Waals surface area contributed by atoms with E-state index in [1.54, 1.807) is 36.4 Å². The van der Waals surface area contributed by atoms with Gasteiger partial charge in [-0.2, -0.15) is 39.5 Å². The minimum Gasteiger partial charge on any atom is -0.508 e. The third kappa shape index (κ3) is 9.04. The Kier molecular flexibility index (Phi) is 12.5. The highest BCUT2D eigenvalue weighted by Gasteiger charge is 2.81. The van der Waals surface area contributed by atoms with Crippen LogP contribution in [-0.2, 0) is 6.54 Å². The summed E-state index contributed by atoms with van der Waals surface area (Å²) in [5.41, 5.74) is 4.68. The first kappa shape index (κ1) is 39.7. The van der Waals surface area contributed by atoms with E-state index in [0.717, 1.165) is 33.3 Å². The number of phenols is 2. The van der Waals surface area contributed by atoms with Crippen LogP contribution in [0.15, 0.2) is 66.7 Å². The minimum atomic E-state index is -6.87. The van der Waals surface area contributed by atoms with Crippen LogP contribution >= 0.6 is 0 Å². The maximum absolute atomic E-state index is 13.7. The summed E-state index contributed by atoms with van der Waals surface area (Å²) in [4.78, 5) is 1.82. The zero-order chi connectivity index (χ0) is 37.6. The summed E-state index contributed by atoms with van der Waals surface area (Å²) in [5, 5.41) is 30.2. The molecule has 0 radical (unpaired) electrons. The average Bonchev–Trinajstić information content (AvgIpc) is 3.32. The fourth-order valence-electron chi connectivity index (χ4n) is 5.91. The predicted octanol–water partition coefficient (Wildman–Crippen LogP) is 9.17. The molecule has 15 heteroatoms. The van der Waals surface area contributed by atoms with E-state index in [1.807, 2.05) is 42.2 Å². The highest BCUT2D eigenvalue weighted by atomic mass is 19.4. The van der Waals surface area contributed by atoms with E-state index < -0.39 is 36.8 Å². The van der Waals surface area contributed by atoms with Gasteiger partial charge in [0.05, 0.1) is 12.3 Å². The van der Waals surface area contributed by atoms with Crippen LogP contribution < -0.4 is 4.74 Å². The number of halogens is 9. The number of benzene rings is 3. The van der Waals surface area contributed by atoms with Crippen molar-refractivity contribution in [2.24, 2.45) is 0 Å². The second kappa shape index (κ2) is 16.1. The third-order valence-corrected chi connectivity index (χ3v) is 8.72. The van der Waals surface area contributed by atoms with Gasteiger partial charge in [-0.3, -0.25) is 4.90 Å². The number of alkyl halides is 9. The van der Waals surface area contributed by atoms with Gasteiger partial charge in [0.1, 0.15) is 23.9 Å². The van der Waals surface area contributed by atoms with Crippen molar-refractivity contribution in [3.8, 4) is 28.5 Å². The van der Waals surface area contributed by atoms with E-state index in [-0.39, 0.29) is 44.1 Å². The lowest BCUT2D eigenvalue weighted by Gasteiger charge is -2.33. The van der Waals surface area contributed by atoms with Gasteiger partial charge in [0.25, 0.3) is 0 Å². The largest absolute Gasteiger partial charge is 0.508 e. The van der Waals surface area contributed by atoms with Gasteiger partial charge in [-0.1, -0.05) is 25.0 Å². The SMILES string of the molecule is Cc1c(-c2ccc(O)cc2)n(Cc2ccc(OCCN(CCO)CCCCCCC(F)(F)C(F)(F)C(F)(F)C(F)(F)F)cc2)c2ccc(O)cc12. The molecule has 0 amide bonds. The summed E-state index contributed by atoms with van der Waals surface area (Å²) in [6, 6.07) is 19.5. The van der Waals surface area contributed by atoms with Crippen LogP contribution in [0.5, 0.6) is 17.2 Å². The lowest BCUT2D eigenvalue weighted by atomic mass is 9.98. The number of aliphatic hydroxyl groups excluding tert-OH is 1. The monoisotopic (exact) mass is 734 g/mol. The Bertz CT molecular complexity index is 1720. The zero-order valence-corrected chi connectivity index (χ0v) is 27.7. The van der Waals surface area contributed by atoms with Crippen LogP contribution in [0, 0.1) is 6.92 Å². The molecule has 0 unspecified atom stereocenters. The molecule has 1 aromatic heterocycles. The molecule has 0 fully saturated rings. The first-order valence-electron chi connectivity index (χ1n) is 16.3. The summed E-state index contributed by atoms with van der Waals surface area (Å²) in [7, 11) is 0. The smallest absolute Gasteiger partial charge is 0.460 e. The molecule has 3 aromatic carbocycles. The van der Waals surface area contributed by atoms with Crippen LogP contribution in [0.1, 0.15) is 43.2 Å². The van der Waals surface area contributed by atoms with Crippen molar-refractivity contribution in [3.05, 3.63) is 77.9 Å². The van der Waals surface area contributed by atoms with Crippen LogP contribution in [0.4, 0.5) is 39.5 Å². The van der Waals surface area contributed by atoms with Crippen molar-refractivity contribution in [2.75, 3.05) is 32.8 Å². The second-order valence-corrected chi connectivity index (χ2v) is 12.4. The number of aliphatic hydroxyl groups is 1. The van der Waals surface area contributed by atoms with Gasteiger partial charge in [-0.15, -0.1) is 0 Å². The summed E-state index contributed by atoms with van der Waals surface area (Å²) < 4.78 is 125. The van der Waals surface area contributed by atoms with E-state index in [9.17, 15) is 54.8 Å². The van der Waals surface area contributed by atoms with Gasteiger partial charge in [0.15, 0.2) is 0 Å². The molecular weight excluding hydrogens is 695 g/mol. The Morgan fingerprint density at radius 3 is 1.96 bits per heavy atom. The highest BCUT2D eigenvalue weighted by Crippen LogP contribution is 2.54. The van der Waals surface area contributed by atoms with Crippen molar-refractivity contribution in [1.82, 2.24) is 9.47 Å². The first-order chi connectivity index (χ1) is 23.9. The Morgan fingerprint density at radius 2 is 1.33 bits per heavy atom. The Labute approximate surface area is 288 Å². The van der Waals surface area contributed by atoms with Crippen molar-refractivity contribution in [3.63, 3.8) is 0 Å². The molecule has 0 saturated heterocycles. The predicted molar refractivity (Wildman–Crippen MR) is 174 cm³/mol. The molecule has 51 heavy (non-hydrogen) atoms. The molecule has 0 bridgehead atoms. The topological polar surface area (TPSA) is 78.1 Å². The summed E-state index contributed by atoms with van der Waals surface area (Å²) in [6.45, 7) is 3.50. The Hall–Kier alpha value is -4.11. The van der Waals surface area contributed by atoms with Crippen LogP contribution in [0.2, 0.25) is 0 Å². The van der Waals surface area contributed by atoms with Gasteiger partial charge < -0.3 is 24.6 Å². The number of nitrogens with zero attached hydrogens (tertiary/aromatic N) is 2. The van der Waals surface area contributed by atoms with Gasteiger partial charge in [-0.25, -0.2) is 0 Å². The average molecular weight is 735 g/mol. The fraction of sp³-hybridized carbons (Fsp3) is 0.444. The number of hydrogen-bond donors (Lipinski definition) is 3. The molecule has 0 aliphatic rings. The molecule has 0 aliphatic carbocycles. The minimum absolute atomic E-state index is 0.101. The quantitative estimate of drug-likeness (QED) is 0.0703. The number of aromatic nitrogens is 1. The number of hydrogen-bond acceptors (Lipinski definition) is 5. The molecular formula is C36H39F9N2O4. The number of fused-ring (bicyclic) bond motifs is 1. The van der Waals surface area contributed by atoms with Crippen molar-refractivity contribution >= 4 is 10.9 Å². The number of unbranched alkanes of at least 4 members (excludes halogenated alkanes) is 3. The Balaban J connectivity index is 1.27. The normalized spacial score (nSPS) is 13.0. The molecule has 0 aliphatic heterocycles. The van der Waals surface area contributed by atoms with Crippen LogP contribution in [-0.4, -0.2) is 81.6 Å². The maximum Gasteiger partial charge on any atom is 0.460 e. The number of aromatic hydroxyl groups is 2. The van der Waals surface area contributed by atoms with Gasteiger partial charge in [0, 0.05) is 37.0 Å². The Morgan fingerprint density at radius 1 is 0.706 bits per heavy atom. The molecule has 1 heterocycles. The molecule has 280 valence electrons. The molecule has 4 aromatic rings. The van der Waals surface area contributed by atoms with Gasteiger partial charge >= 0.3 is 23.9 Å². The number of aryl methyl sites for hydroxylation is 1. The standard InChI is InChI=1S/C36H39F9N2O4/c1-24-30-22-28(50)12-15-31(30)47(32(24)26-8-10-27(49)11-9-26)23-25-6-13-29(14-7-25)51-21-19-46(18-20-48)17-5-3-2-4-16-33(37,38)34(39,40)35(41,42)36(43,44)45/h6-15,22,48-50H,2-5,16-21,23H2,1H3. The fourth-order valence-corrected chi connectivity index (χ4v) is 5.91. The van der Waals surface area contributed by atoms with E-state index in [4.69, 9.17) is 4.74 Å². The lowest BCUT2D eigenvalue weighted by molar-refractivity contribution is -0.396. The third-order valence-electron chi connectivity index (χ3n) is 8.72. The van der Waals surface area contributed by atoms with Gasteiger partial charge in [0.2, 0.25) is 0 Å². The van der Waals surface area contributed by atoms with Gasteiger partial charge in [-0.05, 0) is 97.6 Å². The highest BCUT2D eigenvalue weighted by molar-refractivity contribution is 5.92. The maximum atomic E-state index is 13.7. The zero-order valence-electron chi connectivity index (χ0n) is 27.7. The van der Waals surface area contributed by atoms with E-state index >= 15 is 0 Å². The van der Waals surface area contributed by atoms with Crippen molar-refractivity contribution < 1.29 is 59.6 Å². The molecule has 4 rings (SSSR count). The molecule has 0 atom stereocenters. The summed E-state index contributed by atoms with van der Waals surface area (Å²) >= 11 is 0. The second-order valence-electron chi connectivity index (χ2n) is 12.4. The van der Waals surface area contributed by atoms with E-state index in [0.29, 0.717) is 31.8 Å². The lowest BCUT2D eigenvalue weighted by Crippen LogP contribution is -2.60. The van der Waals surface area contributed by atoms with Crippen LogP contribution in [0.3, 0.4) is 0 Å². The molecule has 6 nitrogen and oxygen atoms in total. The molecule has 0 spiro atoms. The van der Waals surface area contributed by atoms with Crippen LogP contribution in [0.25, 0.3) is 22.2 Å². The first-order valence-corrected chi connectivity index (χ1v) is 16.3. The van der Waals surface area contributed by atoms with E-state index in [2.05, 4.69) is 4.57 Å².